The zero-order chi connectivity index (χ0) is 15.1. The van der Waals surface area contributed by atoms with E-state index >= 15 is 0 Å². The Morgan fingerprint density at radius 3 is 2.77 bits per heavy atom. The largest absolute Gasteiger partial charge is 0.348 e. The lowest BCUT2D eigenvalue weighted by Crippen LogP contribution is -2.18. The summed E-state index contributed by atoms with van der Waals surface area (Å²) in [4.78, 5) is 16.7. The Hall–Kier alpha value is -2.66. The van der Waals surface area contributed by atoms with Crippen molar-refractivity contribution in [1.82, 2.24) is 14.8 Å². The summed E-state index contributed by atoms with van der Waals surface area (Å²) in [7, 11) is 0. The van der Waals surface area contributed by atoms with Crippen molar-refractivity contribution in [2.24, 2.45) is 4.99 Å². The molecule has 0 saturated carbocycles. The molecule has 0 amide bonds. The zero-order valence-electron chi connectivity index (χ0n) is 11.5. The van der Waals surface area contributed by atoms with Crippen molar-refractivity contribution in [3.8, 4) is 5.69 Å². The topological polar surface area (TPSA) is 63.0 Å². The van der Waals surface area contributed by atoms with Gasteiger partial charge in [0, 0.05) is 16.1 Å². The number of hydrogen-bond donors (Lipinski definition) is 1. The van der Waals surface area contributed by atoms with E-state index in [1.165, 1.54) is 0 Å². The Balaban J connectivity index is 2.03. The van der Waals surface area contributed by atoms with Gasteiger partial charge in [0.15, 0.2) is 5.82 Å². The summed E-state index contributed by atoms with van der Waals surface area (Å²) in [6.07, 6.45) is 0. The van der Waals surface area contributed by atoms with Gasteiger partial charge in [0.25, 0.3) is 0 Å². The second-order valence-corrected chi connectivity index (χ2v) is 5.41. The zero-order valence-corrected chi connectivity index (χ0v) is 12.2. The number of halogens is 1. The summed E-state index contributed by atoms with van der Waals surface area (Å²) in [5.74, 6) is 0.583. The van der Waals surface area contributed by atoms with Crippen LogP contribution in [0.5, 0.6) is 0 Å². The molecule has 0 bridgehead atoms. The number of fused-ring (bicyclic) bond motifs is 3. The number of nitrogens with zero attached hydrogens (tertiary/aromatic N) is 3. The highest BCUT2D eigenvalue weighted by molar-refractivity contribution is 6.31. The van der Waals surface area contributed by atoms with Crippen LogP contribution in [-0.2, 0) is 6.54 Å². The van der Waals surface area contributed by atoms with Crippen molar-refractivity contribution in [3.63, 3.8) is 0 Å². The normalized spacial score (nSPS) is 13.0. The molecule has 4 rings (SSSR count). The van der Waals surface area contributed by atoms with Gasteiger partial charge in [0.2, 0.25) is 0 Å². The lowest BCUT2D eigenvalue weighted by Gasteiger charge is -2.11. The lowest BCUT2D eigenvalue weighted by atomic mass is 10.1. The molecule has 108 valence electrons. The minimum absolute atomic E-state index is 0.275. The molecule has 2 aromatic carbocycles. The Kier molecular flexibility index (Phi) is 2.94. The minimum atomic E-state index is -0.275. The highest BCUT2D eigenvalue weighted by atomic mass is 35.5. The van der Waals surface area contributed by atoms with Crippen molar-refractivity contribution in [2.75, 3.05) is 0 Å². The van der Waals surface area contributed by atoms with Gasteiger partial charge in [-0.15, -0.1) is 0 Å². The maximum absolute atomic E-state index is 12.1. The second kappa shape index (κ2) is 4.96. The van der Waals surface area contributed by atoms with Crippen LogP contribution in [0.25, 0.3) is 5.69 Å². The number of aromatic nitrogens is 3. The van der Waals surface area contributed by atoms with E-state index in [9.17, 15) is 4.79 Å². The smallest absolute Gasteiger partial charge is 0.276 e. The van der Waals surface area contributed by atoms with Gasteiger partial charge in [-0.2, -0.15) is 5.10 Å². The highest BCUT2D eigenvalue weighted by Crippen LogP contribution is 2.25. The summed E-state index contributed by atoms with van der Waals surface area (Å²) in [5, 5.41) is 7.12. The van der Waals surface area contributed by atoms with Crippen molar-refractivity contribution in [3.05, 3.63) is 81.0 Å². The van der Waals surface area contributed by atoms with Crippen LogP contribution in [-0.4, -0.2) is 20.5 Å². The third-order valence-corrected chi connectivity index (χ3v) is 3.86. The van der Waals surface area contributed by atoms with Gasteiger partial charge in [-0.05, 0) is 18.2 Å². The molecule has 0 saturated heterocycles. The van der Waals surface area contributed by atoms with Crippen LogP contribution in [0.1, 0.15) is 17.0 Å². The Labute approximate surface area is 130 Å². The van der Waals surface area contributed by atoms with Crippen LogP contribution >= 0.6 is 11.6 Å². The predicted octanol–water partition coefficient (Wildman–Crippen LogP) is 2.57. The first kappa shape index (κ1) is 13.0. The number of nitrogens with one attached hydrogen (secondary N) is 1. The van der Waals surface area contributed by atoms with Crippen molar-refractivity contribution in [1.29, 1.82) is 0 Å². The Morgan fingerprint density at radius 1 is 1.14 bits per heavy atom. The van der Waals surface area contributed by atoms with Crippen molar-refractivity contribution in [2.45, 2.75) is 6.54 Å². The average molecular weight is 317 g/mol. The number of benzene rings is 2. The van der Waals surface area contributed by atoms with E-state index in [0.29, 0.717) is 17.4 Å². The van der Waals surface area contributed by atoms with Gasteiger partial charge in [-0.1, -0.05) is 41.9 Å². The van der Waals surface area contributed by atoms with Crippen LogP contribution < -0.4 is 5.69 Å². The first-order chi connectivity index (χ1) is 10.7. The highest BCUT2D eigenvalue weighted by Gasteiger charge is 2.21. The van der Waals surface area contributed by atoms with Gasteiger partial charge in [-0.3, -0.25) is 4.99 Å². The fourth-order valence-corrected chi connectivity index (χ4v) is 2.83. The summed E-state index contributed by atoms with van der Waals surface area (Å²) in [5.41, 5.74) is 3.07. The molecule has 1 N–H and O–H groups in total. The predicted molar refractivity (Wildman–Crippen MR) is 85.0 cm³/mol. The fourth-order valence-electron chi connectivity index (χ4n) is 2.65. The van der Waals surface area contributed by atoms with E-state index in [1.807, 2.05) is 42.5 Å². The fraction of sp³-hybridized carbons (Fsp3) is 0.0625. The SMILES string of the molecule is O=c1[nH]nc2n1-c1ccc(Cl)cc1C([13c]1[13cH][13cH][13cH][13cH][13cH]1)=NC2. The van der Waals surface area contributed by atoms with E-state index in [1.54, 1.807) is 10.6 Å². The van der Waals surface area contributed by atoms with Gasteiger partial charge < -0.3 is 0 Å². The number of aromatic amines is 1. The van der Waals surface area contributed by atoms with Crippen molar-refractivity contribution >= 4 is 17.3 Å². The van der Waals surface area contributed by atoms with E-state index in [-0.39, 0.29) is 5.69 Å². The first-order valence-electron chi connectivity index (χ1n) is 6.80. The van der Waals surface area contributed by atoms with Crippen LogP contribution in [0.3, 0.4) is 0 Å². The lowest BCUT2D eigenvalue weighted by molar-refractivity contribution is 0.862. The van der Waals surface area contributed by atoms with Crippen LogP contribution in [0.15, 0.2) is 58.3 Å². The molecule has 2 heterocycles. The Bertz CT molecular complexity index is 940. The molecule has 0 aliphatic carbocycles. The molecule has 1 aromatic heterocycles. The van der Waals surface area contributed by atoms with E-state index < -0.39 is 0 Å². The van der Waals surface area contributed by atoms with Crippen LogP contribution in [0, 0.1) is 0 Å². The Morgan fingerprint density at radius 2 is 1.95 bits per heavy atom. The standard InChI is InChI=1S/C16H11ClN4O/c17-11-6-7-13-12(8-11)15(10-4-2-1-3-5-10)18-9-14-19-20-16(22)21(13)14/h1-8H,9H2,(H,20,22)/i1+1,2+1,3+1,4+1,5+1,10+1. The molecule has 22 heavy (non-hydrogen) atoms. The molecule has 1 aliphatic heterocycles. The quantitative estimate of drug-likeness (QED) is 0.750. The van der Waals surface area contributed by atoms with E-state index in [4.69, 9.17) is 11.6 Å². The molecule has 0 unspecified atom stereocenters. The first-order valence-corrected chi connectivity index (χ1v) is 7.18. The summed E-state index contributed by atoms with van der Waals surface area (Å²) < 4.78 is 1.55. The molecule has 0 atom stereocenters. The number of hydrogen-bond acceptors (Lipinski definition) is 3. The monoisotopic (exact) mass is 316 g/mol. The summed E-state index contributed by atoms with van der Waals surface area (Å²) >= 11 is 6.16. The number of aliphatic imine (C=N–C) groups is 1. The van der Waals surface area contributed by atoms with Gasteiger partial charge >= 0.3 is 5.69 Å². The molecule has 5 nitrogen and oxygen atoms in total. The van der Waals surface area contributed by atoms with Crippen LogP contribution in [0.4, 0.5) is 0 Å². The molecule has 6 heteroatoms. The average Bonchev–Trinajstić information content (AvgIpc) is 2.82. The number of H-pyrrole nitrogens is 1. The molecule has 0 spiro atoms. The van der Waals surface area contributed by atoms with Gasteiger partial charge in [0.1, 0.15) is 6.54 Å². The maximum atomic E-state index is 12.1. The summed E-state index contributed by atoms with van der Waals surface area (Å²) in [6, 6.07) is 15.3. The molecule has 1 aliphatic rings. The van der Waals surface area contributed by atoms with Gasteiger partial charge in [0.05, 0.1) is 11.4 Å². The third kappa shape index (κ3) is 1.98. The van der Waals surface area contributed by atoms with E-state index in [2.05, 4.69) is 15.2 Å². The second-order valence-electron chi connectivity index (χ2n) is 4.97. The molecular formula is C16H11ClN4O. The molecular weight excluding hydrogens is 306 g/mol. The van der Waals surface area contributed by atoms with E-state index in [0.717, 1.165) is 22.5 Å². The third-order valence-electron chi connectivity index (χ3n) is 3.62. The van der Waals surface area contributed by atoms with Crippen molar-refractivity contribution < 1.29 is 0 Å². The van der Waals surface area contributed by atoms with Gasteiger partial charge in [-0.25, -0.2) is 14.5 Å². The minimum Gasteiger partial charge on any atom is -0.276 e. The molecule has 3 aromatic rings. The molecule has 0 radical (unpaired) electrons. The molecule has 0 fully saturated rings. The maximum Gasteiger partial charge on any atom is 0.348 e. The number of rotatable bonds is 1. The van der Waals surface area contributed by atoms with Crippen LogP contribution in [0.2, 0.25) is 5.02 Å². The summed E-state index contributed by atoms with van der Waals surface area (Å²) in [6.45, 7) is 0.329.